The number of ether oxygens (including phenoxy) is 1. The SMILES string of the molecule is COC(=O)Nc1nc2ccc(NC(=O)c3ccccc3)cc2[nH]1. The Bertz CT molecular complexity index is 858. The number of hydrogen-bond acceptors (Lipinski definition) is 4. The first-order chi connectivity index (χ1) is 11.2. The minimum atomic E-state index is -0.610. The number of fused-ring (bicyclic) bond motifs is 1. The first-order valence-corrected chi connectivity index (χ1v) is 6.87. The molecule has 0 spiro atoms. The van der Waals surface area contributed by atoms with Crippen molar-refractivity contribution >= 4 is 34.7 Å². The van der Waals surface area contributed by atoms with Crippen LogP contribution in [0.1, 0.15) is 10.4 Å². The van der Waals surface area contributed by atoms with E-state index in [0.717, 1.165) is 0 Å². The number of benzene rings is 2. The van der Waals surface area contributed by atoms with Gasteiger partial charge in [0.1, 0.15) is 0 Å². The summed E-state index contributed by atoms with van der Waals surface area (Å²) in [5, 5.41) is 5.26. The molecule has 7 nitrogen and oxygen atoms in total. The van der Waals surface area contributed by atoms with E-state index in [1.807, 2.05) is 6.07 Å². The number of carbonyl (C=O) groups is 2. The topological polar surface area (TPSA) is 96.1 Å². The standard InChI is InChI=1S/C16H14N4O3/c1-23-16(22)20-15-18-12-8-7-11(9-13(12)19-15)17-14(21)10-5-3-2-4-6-10/h2-9H,1H3,(H,17,21)(H2,18,19,20,22). The van der Waals surface area contributed by atoms with Crippen molar-refractivity contribution in [2.45, 2.75) is 0 Å². The van der Waals surface area contributed by atoms with E-state index in [1.54, 1.807) is 42.5 Å². The van der Waals surface area contributed by atoms with Crippen LogP contribution in [0.15, 0.2) is 48.5 Å². The molecule has 0 aliphatic heterocycles. The lowest BCUT2D eigenvalue weighted by molar-refractivity contribution is 0.102. The molecule has 116 valence electrons. The third-order valence-corrected chi connectivity index (χ3v) is 3.18. The number of aromatic amines is 1. The molecule has 23 heavy (non-hydrogen) atoms. The first-order valence-electron chi connectivity index (χ1n) is 6.87. The van der Waals surface area contributed by atoms with Crippen molar-refractivity contribution in [1.29, 1.82) is 0 Å². The van der Waals surface area contributed by atoms with Gasteiger partial charge in [-0.25, -0.2) is 9.78 Å². The number of aromatic nitrogens is 2. The summed E-state index contributed by atoms with van der Waals surface area (Å²) >= 11 is 0. The second-order valence-corrected chi connectivity index (χ2v) is 4.75. The molecule has 3 N–H and O–H groups in total. The highest BCUT2D eigenvalue weighted by Crippen LogP contribution is 2.19. The maximum atomic E-state index is 12.1. The van der Waals surface area contributed by atoms with Crippen LogP contribution in [0.3, 0.4) is 0 Å². The minimum absolute atomic E-state index is 0.197. The van der Waals surface area contributed by atoms with Crippen LogP contribution in [0.5, 0.6) is 0 Å². The summed E-state index contributed by atoms with van der Waals surface area (Å²) < 4.78 is 4.51. The molecule has 0 atom stereocenters. The summed E-state index contributed by atoms with van der Waals surface area (Å²) in [4.78, 5) is 30.4. The Morgan fingerprint density at radius 3 is 2.61 bits per heavy atom. The second kappa shape index (κ2) is 6.18. The van der Waals surface area contributed by atoms with Crippen LogP contribution in [0.25, 0.3) is 11.0 Å². The van der Waals surface area contributed by atoms with Crippen molar-refractivity contribution in [3.05, 3.63) is 54.1 Å². The van der Waals surface area contributed by atoms with Crippen molar-refractivity contribution in [3.63, 3.8) is 0 Å². The second-order valence-electron chi connectivity index (χ2n) is 4.75. The lowest BCUT2D eigenvalue weighted by Gasteiger charge is -2.04. The molecule has 1 aromatic heterocycles. The molecule has 1 heterocycles. The van der Waals surface area contributed by atoms with Gasteiger partial charge < -0.3 is 15.0 Å². The summed E-state index contributed by atoms with van der Waals surface area (Å²) in [6, 6.07) is 14.2. The fraction of sp³-hybridized carbons (Fsp3) is 0.0625. The van der Waals surface area contributed by atoms with Crippen molar-refractivity contribution in [3.8, 4) is 0 Å². The van der Waals surface area contributed by atoms with Crippen LogP contribution in [0, 0.1) is 0 Å². The van der Waals surface area contributed by atoms with Crippen molar-refractivity contribution in [2.75, 3.05) is 17.7 Å². The first kappa shape index (κ1) is 14.6. The average molecular weight is 310 g/mol. The van der Waals surface area contributed by atoms with Gasteiger partial charge in [-0.3, -0.25) is 10.1 Å². The Labute approximate surface area is 131 Å². The number of methoxy groups -OCH3 is 1. The number of carbonyl (C=O) groups excluding carboxylic acids is 2. The van der Waals surface area contributed by atoms with E-state index in [1.165, 1.54) is 7.11 Å². The molecular formula is C16H14N4O3. The molecule has 0 aliphatic carbocycles. The highest BCUT2D eigenvalue weighted by Gasteiger charge is 2.09. The van der Waals surface area contributed by atoms with Crippen LogP contribution in [-0.4, -0.2) is 29.1 Å². The van der Waals surface area contributed by atoms with Crippen LogP contribution < -0.4 is 10.6 Å². The summed E-state index contributed by atoms with van der Waals surface area (Å²) in [5.41, 5.74) is 2.54. The number of H-pyrrole nitrogens is 1. The number of hydrogen-bond donors (Lipinski definition) is 3. The van der Waals surface area contributed by atoms with Gasteiger partial charge in [0.15, 0.2) is 0 Å². The maximum Gasteiger partial charge on any atom is 0.413 e. The lowest BCUT2D eigenvalue weighted by atomic mass is 10.2. The molecule has 3 aromatic rings. The summed E-state index contributed by atoms with van der Waals surface area (Å²) in [6.45, 7) is 0. The van der Waals surface area contributed by atoms with E-state index < -0.39 is 6.09 Å². The normalized spacial score (nSPS) is 10.3. The van der Waals surface area contributed by atoms with Gasteiger partial charge in [-0.2, -0.15) is 0 Å². The molecule has 0 saturated heterocycles. The Morgan fingerprint density at radius 2 is 1.87 bits per heavy atom. The number of nitrogens with one attached hydrogen (secondary N) is 3. The van der Waals surface area contributed by atoms with Gasteiger partial charge in [-0.15, -0.1) is 0 Å². The summed E-state index contributed by atoms with van der Waals surface area (Å²) in [7, 11) is 1.27. The van der Waals surface area contributed by atoms with Gasteiger partial charge in [-0.1, -0.05) is 18.2 Å². The Kier molecular flexibility index (Phi) is 3.92. The largest absolute Gasteiger partial charge is 0.453 e. The van der Waals surface area contributed by atoms with Gasteiger partial charge in [-0.05, 0) is 30.3 Å². The molecule has 0 bridgehead atoms. The maximum absolute atomic E-state index is 12.1. The quantitative estimate of drug-likeness (QED) is 0.693. The van der Waals surface area contributed by atoms with Gasteiger partial charge in [0.2, 0.25) is 5.95 Å². The fourth-order valence-electron chi connectivity index (χ4n) is 2.09. The molecule has 2 amide bonds. The van der Waals surface area contributed by atoms with Crippen molar-refractivity contribution in [1.82, 2.24) is 9.97 Å². The summed E-state index contributed by atoms with van der Waals surface area (Å²) in [6.07, 6.45) is -0.610. The van der Waals surface area contributed by atoms with Crippen LogP contribution in [-0.2, 0) is 4.74 Å². The van der Waals surface area contributed by atoms with E-state index >= 15 is 0 Å². The molecule has 0 fully saturated rings. The molecule has 2 aromatic carbocycles. The van der Waals surface area contributed by atoms with E-state index in [-0.39, 0.29) is 11.9 Å². The monoisotopic (exact) mass is 310 g/mol. The van der Waals surface area contributed by atoms with Crippen molar-refractivity contribution < 1.29 is 14.3 Å². The van der Waals surface area contributed by atoms with E-state index in [0.29, 0.717) is 22.3 Å². The third-order valence-electron chi connectivity index (χ3n) is 3.18. The fourth-order valence-corrected chi connectivity index (χ4v) is 2.09. The zero-order valence-corrected chi connectivity index (χ0v) is 12.3. The van der Waals surface area contributed by atoms with Gasteiger partial charge in [0.25, 0.3) is 5.91 Å². The predicted octanol–water partition coefficient (Wildman–Crippen LogP) is 2.99. The number of rotatable bonds is 3. The summed E-state index contributed by atoms with van der Waals surface area (Å²) in [5.74, 6) is 0.0794. The molecule has 3 rings (SSSR count). The Morgan fingerprint density at radius 1 is 1.09 bits per heavy atom. The molecule has 0 unspecified atom stereocenters. The van der Waals surface area contributed by atoms with E-state index in [9.17, 15) is 9.59 Å². The Hall–Kier alpha value is -3.35. The van der Waals surface area contributed by atoms with Crippen molar-refractivity contribution in [2.24, 2.45) is 0 Å². The van der Waals surface area contributed by atoms with Crippen LogP contribution in [0.2, 0.25) is 0 Å². The number of imidazole rings is 1. The molecule has 0 aliphatic rings. The smallest absolute Gasteiger partial charge is 0.413 e. The zero-order valence-electron chi connectivity index (χ0n) is 12.3. The number of nitrogens with zero attached hydrogens (tertiary/aromatic N) is 1. The average Bonchev–Trinajstić information content (AvgIpc) is 2.96. The Balaban J connectivity index is 1.80. The highest BCUT2D eigenvalue weighted by atomic mass is 16.5. The molecule has 7 heteroatoms. The van der Waals surface area contributed by atoms with Gasteiger partial charge in [0.05, 0.1) is 18.1 Å². The molecule has 0 radical (unpaired) electrons. The predicted molar refractivity (Wildman–Crippen MR) is 86.5 cm³/mol. The van der Waals surface area contributed by atoms with Gasteiger partial charge >= 0.3 is 6.09 Å². The lowest BCUT2D eigenvalue weighted by Crippen LogP contribution is -2.11. The molecule has 0 saturated carbocycles. The number of amides is 2. The van der Waals surface area contributed by atoms with Crippen LogP contribution in [0.4, 0.5) is 16.4 Å². The van der Waals surface area contributed by atoms with Gasteiger partial charge in [0, 0.05) is 11.3 Å². The minimum Gasteiger partial charge on any atom is -0.453 e. The number of anilines is 2. The van der Waals surface area contributed by atoms with E-state index in [4.69, 9.17) is 0 Å². The van der Waals surface area contributed by atoms with E-state index in [2.05, 4.69) is 25.3 Å². The third kappa shape index (κ3) is 3.29. The highest BCUT2D eigenvalue weighted by molar-refractivity contribution is 6.05. The van der Waals surface area contributed by atoms with Crippen LogP contribution >= 0.6 is 0 Å². The molecular weight excluding hydrogens is 296 g/mol. The zero-order chi connectivity index (χ0) is 16.2.